The molecule has 1 unspecified atom stereocenters. The van der Waals surface area contributed by atoms with Crippen molar-refractivity contribution in [1.29, 1.82) is 0 Å². The number of nitrogen functional groups attached to an aromatic ring is 1. The van der Waals surface area contributed by atoms with E-state index in [1.807, 2.05) is 4.90 Å². The summed E-state index contributed by atoms with van der Waals surface area (Å²) in [5.41, 5.74) is 2.75. The Kier molecular flexibility index (Phi) is 4.28. The molecular formula is C12H20N6O. The number of hydrogen-bond acceptors (Lipinski definition) is 6. The summed E-state index contributed by atoms with van der Waals surface area (Å²) in [6.45, 7) is 4.70. The number of carbonyl (C=O) groups excluding carboxylic acids is 1. The Hall–Kier alpha value is -1.73. The summed E-state index contributed by atoms with van der Waals surface area (Å²) in [6.07, 6.45) is 0.975. The summed E-state index contributed by atoms with van der Waals surface area (Å²) in [6, 6.07) is 3.47. The van der Waals surface area contributed by atoms with E-state index in [0.717, 1.165) is 26.1 Å². The van der Waals surface area contributed by atoms with Crippen LogP contribution in [0.15, 0.2) is 12.1 Å². The van der Waals surface area contributed by atoms with Crippen LogP contribution in [0.25, 0.3) is 0 Å². The molecule has 7 nitrogen and oxygen atoms in total. The average Bonchev–Trinajstić information content (AvgIpc) is 2.58. The third-order valence-electron chi connectivity index (χ3n) is 3.34. The number of nitrogens with one attached hydrogen (secondary N) is 1. The highest BCUT2D eigenvalue weighted by molar-refractivity contribution is 5.92. The molecule has 2 rings (SSSR count). The van der Waals surface area contributed by atoms with E-state index in [4.69, 9.17) is 5.84 Å². The number of nitrogens with two attached hydrogens (primary N) is 1. The van der Waals surface area contributed by atoms with Gasteiger partial charge >= 0.3 is 0 Å². The molecule has 1 fully saturated rings. The fourth-order valence-corrected chi connectivity index (χ4v) is 2.34. The van der Waals surface area contributed by atoms with Gasteiger partial charge in [0.05, 0.1) is 0 Å². The van der Waals surface area contributed by atoms with Crippen LogP contribution in [-0.4, -0.2) is 58.6 Å². The third-order valence-corrected chi connectivity index (χ3v) is 3.34. The molecule has 0 aromatic carbocycles. The molecule has 0 aliphatic carbocycles. The average molecular weight is 264 g/mol. The first kappa shape index (κ1) is 13.7. The normalized spacial score (nSPS) is 21.0. The van der Waals surface area contributed by atoms with Crippen LogP contribution in [0.4, 0.5) is 5.82 Å². The molecule has 0 spiro atoms. The number of nitrogens with zero attached hydrogens (tertiary/aromatic N) is 4. The zero-order valence-corrected chi connectivity index (χ0v) is 11.3. The van der Waals surface area contributed by atoms with Crippen molar-refractivity contribution in [2.45, 2.75) is 19.4 Å². The Morgan fingerprint density at radius 2 is 2.21 bits per heavy atom. The third kappa shape index (κ3) is 3.18. The molecule has 104 valence electrons. The molecule has 1 aliphatic rings. The maximum Gasteiger partial charge on any atom is 0.274 e. The number of aromatic nitrogens is 2. The van der Waals surface area contributed by atoms with Crippen molar-refractivity contribution in [3.05, 3.63) is 17.8 Å². The van der Waals surface area contributed by atoms with Crippen LogP contribution in [0.5, 0.6) is 0 Å². The smallest absolute Gasteiger partial charge is 0.274 e. The van der Waals surface area contributed by atoms with Crippen molar-refractivity contribution in [3.8, 4) is 0 Å². The van der Waals surface area contributed by atoms with Crippen LogP contribution in [0.1, 0.15) is 23.8 Å². The number of likely N-dealkylation sites (N-methyl/N-ethyl adjacent to an activating group) is 1. The van der Waals surface area contributed by atoms with E-state index < -0.39 is 0 Å². The van der Waals surface area contributed by atoms with Crippen molar-refractivity contribution >= 4 is 11.7 Å². The second kappa shape index (κ2) is 5.94. The van der Waals surface area contributed by atoms with E-state index >= 15 is 0 Å². The first-order valence-electron chi connectivity index (χ1n) is 6.41. The fourth-order valence-electron chi connectivity index (χ4n) is 2.34. The van der Waals surface area contributed by atoms with Crippen LogP contribution in [0, 0.1) is 0 Å². The van der Waals surface area contributed by atoms with E-state index in [2.05, 4.69) is 34.5 Å². The number of amides is 1. The lowest BCUT2D eigenvalue weighted by Crippen LogP contribution is -2.42. The molecule has 2 heterocycles. The number of carbonyl (C=O) groups is 1. The molecular weight excluding hydrogens is 244 g/mol. The highest BCUT2D eigenvalue weighted by Gasteiger charge is 2.25. The predicted molar refractivity (Wildman–Crippen MR) is 72.5 cm³/mol. The molecule has 1 amide bonds. The number of anilines is 1. The first-order valence-corrected chi connectivity index (χ1v) is 6.41. The molecule has 1 atom stereocenters. The zero-order valence-electron chi connectivity index (χ0n) is 11.3. The van der Waals surface area contributed by atoms with Crippen molar-refractivity contribution in [2.24, 2.45) is 5.84 Å². The molecule has 1 aromatic heterocycles. The molecule has 3 N–H and O–H groups in total. The van der Waals surface area contributed by atoms with Gasteiger partial charge in [-0.15, -0.1) is 10.2 Å². The van der Waals surface area contributed by atoms with Gasteiger partial charge in [0.2, 0.25) is 0 Å². The van der Waals surface area contributed by atoms with Gasteiger partial charge in [-0.05, 0) is 39.1 Å². The minimum absolute atomic E-state index is 0.0705. The van der Waals surface area contributed by atoms with Crippen molar-refractivity contribution in [1.82, 2.24) is 20.0 Å². The van der Waals surface area contributed by atoms with Crippen LogP contribution in [-0.2, 0) is 0 Å². The second-order valence-corrected chi connectivity index (χ2v) is 4.91. The number of hydrogen-bond donors (Lipinski definition) is 2. The van der Waals surface area contributed by atoms with Gasteiger partial charge in [0.25, 0.3) is 5.91 Å². The molecule has 0 bridgehead atoms. The molecule has 1 saturated heterocycles. The topological polar surface area (TPSA) is 87.4 Å². The van der Waals surface area contributed by atoms with Gasteiger partial charge in [-0.2, -0.15) is 0 Å². The van der Waals surface area contributed by atoms with E-state index in [1.165, 1.54) is 0 Å². The Morgan fingerprint density at radius 1 is 1.42 bits per heavy atom. The van der Waals surface area contributed by atoms with Crippen LogP contribution in [0.2, 0.25) is 0 Å². The van der Waals surface area contributed by atoms with Gasteiger partial charge in [0, 0.05) is 19.1 Å². The number of rotatable bonds is 2. The molecule has 0 radical (unpaired) electrons. The summed E-state index contributed by atoms with van der Waals surface area (Å²) >= 11 is 0. The van der Waals surface area contributed by atoms with E-state index in [0.29, 0.717) is 11.5 Å². The number of hydrazine groups is 1. The Labute approximate surface area is 112 Å². The summed E-state index contributed by atoms with van der Waals surface area (Å²) in [4.78, 5) is 16.5. The monoisotopic (exact) mass is 264 g/mol. The lowest BCUT2D eigenvalue weighted by Gasteiger charge is -2.27. The largest absolute Gasteiger partial charge is 0.333 e. The van der Waals surface area contributed by atoms with Gasteiger partial charge in [-0.25, -0.2) is 5.84 Å². The maximum atomic E-state index is 12.4. The van der Waals surface area contributed by atoms with E-state index in [9.17, 15) is 4.79 Å². The first-order chi connectivity index (χ1) is 9.11. The molecule has 7 heteroatoms. The standard InChI is InChI=1S/C12H20N6O/c1-9-8-17(2)6-3-7-18(9)12(19)10-4-5-11(14-13)16-15-10/h4-5,9H,3,6-8,13H2,1-2H3,(H,14,16). The summed E-state index contributed by atoms with van der Waals surface area (Å²) in [5.74, 6) is 5.60. The van der Waals surface area contributed by atoms with E-state index in [1.54, 1.807) is 12.1 Å². The lowest BCUT2D eigenvalue weighted by atomic mass is 10.2. The highest BCUT2D eigenvalue weighted by Crippen LogP contribution is 2.12. The van der Waals surface area contributed by atoms with Crippen LogP contribution in [0.3, 0.4) is 0 Å². The van der Waals surface area contributed by atoms with Crippen molar-refractivity contribution in [3.63, 3.8) is 0 Å². The minimum Gasteiger partial charge on any atom is -0.333 e. The molecule has 1 aromatic rings. The van der Waals surface area contributed by atoms with Crippen molar-refractivity contribution < 1.29 is 4.79 Å². The van der Waals surface area contributed by atoms with Gasteiger partial charge in [0.1, 0.15) is 0 Å². The SMILES string of the molecule is CC1CN(C)CCCN1C(=O)c1ccc(NN)nn1. The predicted octanol–water partition coefficient (Wildman–Crippen LogP) is -0.0716. The summed E-state index contributed by atoms with van der Waals surface area (Å²) in [5, 5.41) is 7.74. The Morgan fingerprint density at radius 3 is 2.84 bits per heavy atom. The fraction of sp³-hybridized carbons (Fsp3) is 0.583. The summed E-state index contributed by atoms with van der Waals surface area (Å²) in [7, 11) is 2.08. The zero-order chi connectivity index (χ0) is 13.8. The van der Waals surface area contributed by atoms with Crippen LogP contribution < -0.4 is 11.3 Å². The van der Waals surface area contributed by atoms with E-state index in [-0.39, 0.29) is 11.9 Å². The van der Waals surface area contributed by atoms with Gasteiger partial charge < -0.3 is 15.2 Å². The van der Waals surface area contributed by atoms with Gasteiger partial charge in [-0.3, -0.25) is 4.79 Å². The summed E-state index contributed by atoms with van der Waals surface area (Å²) < 4.78 is 0. The van der Waals surface area contributed by atoms with Crippen LogP contribution >= 0.6 is 0 Å². The molecule has 1 aliphatic heterocycles. The lowest BCUT2D eigenvalue weighted by molar-refractivity contribution is 0.0689. The van der Waals surface area contributed by atoms with Gasteiger partial charge in [-0.1, -0.05) is 0 Å². The molecule has 0 saturated carbocycles. The molecule has 19 heavy (non-hydrogen) atoms. The Balaban J connectivity index is 2.12. The highest BCUT2D eigenvalue weighted by atomic mass is 16.2. The van der Waals surface area contributed by atoms with Crippen molar-refractivity contribution in [2.75, 3.05) is 32.1 Å². The van der Waals surface area contributed by atoms with Gasteiger partial charge in [0.15, 0.2) is 11.5 Å². The minimum atomic E-state index is -0.0705. The second-order valence-electron chi connectivity index (χ2n) is 4.91. The Bertz CT molecular complexity index is 434. The maximum absolute atomic E-state index is 12.4. The quantitative estimate of drug-likeness (QED) is 0.574.